The van der Waals surface area contributed by atoms with Crippen LogP contribution in [0.25, 0.3) is 6.08 Å². The number of fused-ring (bicyclic) bond motifs is 1. The van der Waals surface area contributed by atoms with Crippen molar-refractivity contribution in [2.24, 2.45) is 0 Å². The molecule has 0 saturated carbocycles. The highest BCUT2D eigenvalue weighted by Gasteiger charge is 2.16. The van der Waals surface area contributed by atoms with Crippen molar-refractivity contribution in [3.8, 4) is 17.6 Å². The number of halogens is 1. The van der Waals surface area contributed by atoms with Gasteiger partial charge in [0.05, 0.1) is 18.2 Å². The number of hydrogen-bond donors (Lipinski definition) is 1. The van der Waals surface area contributed by atoms with Crippen molar-refractivity contribution in [2.75, 3.05) is 20.3 Å². The van der Waals surface area contributed by atoms with Crippen LogP contribution in [-0.2, 0) is 4.79 Å². The first-order valence-corrected chi connectivity index (χ1v) is 6.46. The first kappa shape index (κ1) is 14.2. The molecule has 2 rings (SSSR count). The summed E-state index contributed by atoms with van der Waals surface area (Å²) in [6.45, 7) is 1.08. The maximum absolute atomic E-state index is 11.5. The van der Waals surface area contributed by atoms with Crippen LogP contribution in [0.3, 0.4) is 0 Å². The Hall–Kier alpha value is -2.19. The molecule has 1 aliphatic rings. The number of nitriles is 1. The van der Waals surface area contributed by atoms with Crippen LogP contribution in [0.4, 0.5) is 0 Å². The largest absolute Gasteiger partial charge is 0.489 e. The molecule has 20 heavy (non-hydrogen) atoms. The fourth-order valence-corrected chi connectivity index (χ4v) is 2.06. The second kappa shape index (κ2) is 6.31. The maximum Gasteiger partial charge on any atom is 0.261 e. The van der Waals surface area contributed by atoms with Gasteiger partial charge in [0.15, 0.2) is 11.5 Å². The third-order valence-electron chi connectivity index (χ3n) is 2.73. The lowest BCUT2D eigenvalue weighted by Crippen LogP contribution is -2.19. The normalized spacial score (nSPS) is 14.2. The molecule has 1 heterocycles. The smallest absolute Gasteiger partial charge is 0.261 e. The predicted molar refractivity (Wildman–Crippen MR) is 74.7 cm³/mol. The third kappa shape index (κ3) is 3.03. The minimum Gasteiger partial charge on any atom is -0.489 e. The Bertz CT molecular complexity index is 605. The number of hydrogen-bond acceptors (Lipinski definition) is 4. The van der Waals surface area contributed by atoms with Crippen LogP contribution in [0.2, 0.25) is 5.02 Å². The van der Waals surface area contributed by atoms with E-state index in [1.165, 1.54) is 13.1 Å². The molecule has 5 nitrogen and oxygen atoms in total. The van der Waals surface area contributed by atoms with Gasteiger partial charge in [0, 0.05) is 13.5 Å². The summed E-state index contributed by atoms with van der Waals surface area (Å²) in [6.07, 6.45) is 2.23. The lowest BCUT2D eigenvalue weighted by molar-refractivity contribution is -0.116. The molecule has 0 saturated heterocycles. The molecule has 0 atom stereocenters. The molecule has 0 unspecified atom stereocenters. The summed E-state index contributed by atoms with van der Waals surface area (Å²) in [4.78, 5) is 11.5. The fourth-order valence-electron chi connectivity index (χ4n) is 1.78. The zero-order chi connectivity index (χ0) is 14.5. The van der Waals surface area contributed by atoms with Gasteiger partial charge in [0.2, 0.25) is 0 Å². The number of likely N-dealkylation sites (N-methyl/N-ethyl adjacent to an activating group) is 1. The van der Waals surface area contributed by atoms with Crippen molar-refractivity contribution < 1.29 is 14.3 Å². The molecule has 6 heteroatoms. The van der Waals surface area contributed by atoms with E-state index in [1.54, 1.807) is 12.1 Å². The van der Waals surface area contributed by atoms with E-state index in [0.29, 0.717) is 35.3 Å². The molecule has 0 spiro atoms. The summed E-state index contributed by atoms with van der Waals surface area (Å²) < 4.78 is 11.1. The van der Waals surface area contributed by atoms with E-state index in [9.17, 15) is 4.79 Å². The fraction of sp³-hybridized carbons (Fsp3) is 0.286. The van der Waals surface area contributed by atoms with Crippen LogP contribution in [0.15, 0.2) is 17.7 Å². The minimum atomic E-state index is -0.448. The van der Waals surface area contributed by atoms with Crippen molar-refractivity contribution in [2.45, 2.75) is 6.42 Å². The van der Waals surface area contributed by atoms with E-state index in [2.05, 4.69) is 5.32 Å². The molecule has 104 valence electrons. The second-order valence-corrected chi connectivity index (χ2v) is 4.54. The van der Waals surface area contributed by atoms with E-state index in [4.69, 9.17) is 26.3 Å². The standard InChI is InChI=1S/C14H13ClN2O3/c1-17-14(18)10(8-16)5-9-6-11(15)13-12(7-9)19-3-2-4-20-13/h5-7H,2-4H2,1H3,(H,17,18)/b10-5+. The van der Waals surface area contributed by atoms with Crippen molar-refractivity contribution in [3.63, 3.8) is 0 Å². The molecule has 1 aromatic rings. The third-order valence-corrected chi connectivity index (χ3v) is 3.01. The lowest BCUT2D eigenvalue weighted by atomic mass is 10.1. The van der Waals surface area contributed by atoms with Gasteiger partial charge in [-0.15, -0.1) is 0 Å². The number of nitrogens with one attached hydrogen (secondary N) is 1. The summed E-state index contributed by atoms with van der Waals surface area (Å²) in [5.41, 5.74) is 0.609. The Morgan fingerprint density at radius 1 is 1.45 bits per heavy atom. The first-order chi connectivity index (χ1) is 9.65. The minimum absolute atomic E-state index is 0.00180. The number of benzene rings is 1. The topological polar surface area (TPSA) is 71.4 Å². The molecule has 0 bridgehead atoms. The van der Waals surface area contributed by atoms with E-state index in [1.807, 2.05) is 6.07 Å². The molecule has 0 aromatic heterocycles. The molecule has 1 aliphatic heterocycles. The second-order valence-electron chi connectivity index (χ2n) is 4.13. The molecule has 0 aliphatic carbocycles. The zero-order valence-corrected chi connectivity index (χ0v) is 11.7. The Kier molecular flexibility index (Phi) is 4.49. The highest BCUT2D eigenvalue weighted by molar-refractivity contribution is 6.32. The SMILES string of the molecule is CNC(=O)/C(C#N)=C/c1cc(Cl)c2c(c1)OCCCO2. The van der Waals surface area contributed by atoms with E-state index in [-0.39, 0.29) is 5.57 Å². The summed E-state index contributed by atoms with van der Waals surface area (Å²) >= 11 is 6.14. The highest BCUT2D eigenvalue weighted by Crippen LogP contribution is 2.38. The molecule has 1 amide bonds. The quantitative estimate of drug-likeness (QED) is 0.670. The van der Waals surface area contributed by atoms with Gasteiger partial charge in [0.25, 0.3) is 5.91 Å². The Labute approximate surface area is 121 Å². The molecule has 0 fully saturated rings. The van der Waals surface area contributed by atoms with Crippen LogP contribution in [0, 0.1) is 11.3 Å². The monoisotopic (exact) mass is 292 g/mol. The summed E-state index contributed by atoms with van der Waals surface area (Å²) in [7, 11) is 1.47. The molecule has 0 radical (unpaired) electrons. The molecular formula is C14H13ClN2O3. The average molecular weight is 293 g/mol. The highest BCUT2D eigenvalue weighted by atomic mass is 35.5. The van der Waals surface area contributed by atoms with Crippen LogP contribution >= 0.6 is 11.6 Å². The van der Waals surface area contributed by atoms with E-state index < -0.39 is 5.91 Å². The van der Waals surface area contributed by atoms with E-state index in [0.717, 1.165) is 6.42 Å². The molecular weight excluding hydrogens is 280 g/mol. The number of rotatable bonds is 2. The van der Waals surface area contributed by atoms with Gasteiger partial charge in [-0.1, -0.05) is 11.6 Å². The number of amides is 1. The van der Waals surface area contributed by atoms with Gasteiger partial charge in [-0.3, -0.25) is 4.79 Å². The Morgan fingerprint density at radius 3 is 2.90 bits per heavy atom. The van der Waals surface area contributed by atoms with Gasteiger partial charge >= 0.3 is 0 Å². The van der Waals surface area contributed by atoms with Crippen LogP contribution in [-0.4, -0.2) is 26.2 Å². The number of carbonyl (C=O) groups excluding carboxylic acids is 1. The average Bonchev–Trinajstić information content (AvgIpc) is 2.69. The predicted octanol–water partition coefficient (Wildman–Crippen LogP) is 2.15. The van der Waals surface area contributed by atoms with Crippen molar-refractivity contribution >= 4 is 23.6 Å². The van der Waals surface area contributed by atoms with Gasteiger partial charge in [-0.25, -0.2) is 0 Å². The maximum atomic E-state index is 11.5. The van der Waals surface area contributed by atoms with Crippen LogP contribution < -0.4 is 14.8 Å². The van der Waals surface area contributed by atoms with Crippen molar-refractivity contribution in [3.05, 3.63) is 28.3 Å². The van der Waals surface area contributed by atoms with Crippen LogP contribution in [0.5, 0.6) is 11.5 Å². The zero-order valence-electron chi connectivity index (χ0n) is 10.9. The van der Waals surface area contributed by atoms with Gasteiger partial charge in [-0.05, 0) is 23.8 Å². The molecule has 1 aromatic carbocycles. The Balaban J connectivity index is 2.42. The number of carbonyl (C=O) groups is 1. The number of ether oxygens (including phenoxy) is 2. The summed E-state index contributed by atoms with van der Waals surface area (Å²) in [5, 5.41) is 11.8. The first-order valence-electron chi connectivity index (χ1n) is 6.08. The van der Waals surface area contributed by atoms with Gasteiger partial charge in [0.1, 0.15) is 11.6 Å². The lowest BCUT2D eigenvalue weighted by Gasteiger charge is -2.10. The Morgan fingerprint density at radius 2 is 2.20 bits per heavy atom. The van der Waals surface area contributed by atoms with Gasteiger partial charge in [-0.2, -0.15) is 5.26 Å². The van der Waals surface area contributed by atoms with Crippen molar-refractivity contribution in [1.29, 1.82) is 5.26 Å². The van der Waals surface area contributed by atoms with Crippen molar-refractivity contribution in [1.82, 2.24) is 5.32 Å². The molecule has 1 N–H and O–H groups in total. The van der Waals surface area contributed by atoms with Gasteiger partial charge < -0.3 is 14.8 Å². The van der Waals surface area contributed by atoms with Crippen LogP contribution in [0.1, 0.15) is 12.0 Å². The number of nitrogens with zero attached hydrogens (tertiary/aromatic N) is 1. The summed E-state index contributed by atoms with van der Waals surface area (Å²) in [6, 6.07) is 5.18. The summed E-state index contributed by atoms with van der Waals surface area (Å²) in [5.74, 6) is 0.575. The van der Waals surface area contributed by atoms with E-state index >= 15 is 0 Å².